The van der Waals surface area contributed by atoms with Crippen molar-refractivity contribution in [3.05, 3.63) is 102 Å². The van der Waals surface area contributed by atoms with E-state index in [2.05, 4.69) is 10.0 Å². The first-order valence-corrected chi connectivity index (χ1v) is 15.2. The number of para-hydroxylation sites is 2. The summed E-state index contributed by atoms with van der Waals surface area (Å²) >= 11 is 0. The van der Waals surface area contributed by atoms with Crippen LogP contribution in [-0.4, -0.2) is 44.0 Å². The van der Waals surface area contributed by atoms with Gasteiger partial charge in [0.1, 0.15) is 11.5 Å². The minimum atomic E-state index is -3.95. The van der Waals surface area contributed by atoms with Crippen LogP contribution in [0.25, 0.3) is 0 Å². The van der Waals surface area contributed by atoms with E-state index in [1.807, 2.05) is 0 Å². The molecule has 0 aliphatic heterocycles. The molecule has 1 amide bonds. The van der Waals surface area contributed by atoms with Crippen molar-refractivity contribution >= 4 is 43.0 Å². The molecule has 0 atom stereocenters. The highest BCUT2D eigenvalue weighted by Gasteiger charge is 2.24. The lowest BCUT2D eigenvalue weighted by Crippen LogP contribution is -2.27. The SMILES string of the molecule is COc1ccc(NS(=O)(=O)c2ccc(C)c(NC(=O)c3ccc(S(=O)(=O)N(C)c4ccccc4OC)cc3)c2)cc1. The van der Waals surface area contributed by atoms with Gasteiger partial charge >= 0.3 is 0 Å². The van der Waals surface area contributed by atoms with Crippen molar-refractivity contribution in [3.63, 3.8) is 0 Å². The molecule has 4 rings (SSSR count). The van der Waals surface area contributed by atoms with E-state index in [9.17, 15) is 21.6 Å². The van der Waals surface area contributed by atoms with E-state index in [1.54, 1.807) is 61.5 Å². The van der Waals surface area contributed by atoms with Gasteiger partial charge in [-0.2, -0.15) is 0 Å². The third kappa shape index (κ3) is 6.44. The number of hydrogen-bond donors (Lipinski definition) is 2. The van der Waals surface area contributed by atoms with Gasteiger partial charge in [0.2, 0.25) is 0 Å². The summed E-state index contributed by atoms with van der Waals surface area (Å²) in [7, 11) is -3.51. The fraction of sp³-hybridized carbons (Fsp3) is 0.138. The number of carbonyl (C=O) groups is 1. The van der Waals surface area contributed by atoms with Crippen molar-refractivity contribution in [1.29, 1.82) is 0 Å². The van der Waals surface area contributed by atoms with E-state index in [1.165, 1.54) is 57.7 Å². The van der Waals surface area contributed by atoms with Crippen molar-refractivity contribution in [2.75, 3.05) is 35.6 Å². The van der Waals surface area contributed by atoms with Gasteiger partial charge in [-0.3, -0.25) is 13.8 Å². The summed E-state index contributed by atoms with van der Waals surface area (Å²) in [5, 5.41) is 2.72. The lowest BCUT2D eigenvalue weighted by Gasteiger charge is -2.21. The number of anilines is 3. The smallest absolute Gasteiger partial charge is 0.264 e. The molecule has 4 aromatic carbocycles. The molecule has 4 aromatic rings. The fourth-order valence-electron chi connectivity index (χ4n) is 3.93. The predicted octanol–water partition coefficient (Wildman–Crippen LogP) is 4.89. The average molecular weight is 596 g/mol. The van der Waals surface area contributed by atoms with Crippen LogP contribution in [0.1, 0.15) is 15.9 Å². The fourth-order valence-corrected chi connectivity index (χ4v) is 6.22. The molecule has 0 unspecified atom stereocenters. The number of nitrogens with one attached hydrogen (secondary N) is 2. The second-order valence-corrected chi connectivity index (χ2v) is 12.6. The minimum absolute atomic E-state index is 0.0173. The summed E-state index contributed by atoms with van der Waals surface area (Å²) in [5.41, 5.74) is 1.83. The molecular formula is C29H29N3O7S2. The van der Waals surface area contributed by atoms with Gasteiger partial charge in [-0.25, -0.2) is 16.8 Å². The predicted molar refractivity (Wildman–Crippen MR) is 158 cm³/mol. The maximum Gasteiger partial charge on any atom is 0.264 e. The van der Waals surface area contributed by atoms with Crippen LogP contribution in [0.3, 0.4) is 0 Å². The molecule has 214 valence electrons. The number of hydrogen-bond acceptors (Lipinski definition) is 7. The van der Waals surface area contributed by atoms with E-state index in [-0.39, 0.29) is 15.4 Å². The number of methoxy groups -OCH3 is 2. The Hall–Kier alpha value is -4.55. The van der Waals surface area contributed by atoms with Crippen LogP contribution in [0.5, 0.6) is 11.5 Å². The third-order valence-corrected chi connectivity index (χ3v) is 9.47. The van der Waals surface area contributed by atoms with Gasteiger partial charge in [0.15, 0.2) is 0 Å². The zero-order valence-electron chi connectivity index (χ0n) is 22.8. The van der Waals surface area contributed by atoms with Crippen molar-refractivity contribution in [2.45, 2.75) is 16.7 Å². The van der Waals surface area contributed by atoms with Crippen LogP contribution in [0, 0.1) is 6.92 Å². The molecule has 0 saturated carbocycles. The molecule has 0 spiro atoms. The topological polar surface area (TPSA) is 131 Å². The Morgan fingerprint density at radius 3 is 2.05 bits per heavy atom. The van der Waals surface area contributed by atoms with Crippen LogP contribution >= 0.6 is 0 Å². The zero-order chi connectivity index (χ0) is 29.8. The number of carbonyl (C=O) groups excluding carboxylic acids is 1. The van der Waals surface area contributed by atoms with Crippen LogP contribution in [0.15, 0.2) is 101 Å². The number of rotatable bonds is 10. The van der Waals surface area contributed by atoms with Gasteiger partial charge in [-0.05, 0) is 85.3 Å². The van der Waals surface area contributed by atoms with Crippen molar-refractivity contribution in [1.82, 2.24) is 0 Å². The Morgan fingerprint density at radius 2 is 1.41 bits per heavy atom. The third-order valence-electron chi connectivity index (χ3n) is 6.31. The molecule has 2 N–H and O–H groups in total. The van der Waals surface area contributed by atoms with Crippen LogP contribution < -0.4 is 23.8 Å². The summed E-state index contributed by atoms with van der Waals surface area (Å²) in [6, 6.07) is 23.0. The molecule has 10 nitrogen and oxygen atoms in total. The second kappa shape index (κ2) is 11.9. The zero-order valence-corrected chi connectivity index (χ0v) is 24.4. The summed E-state index contributed by atoms with van der Waals surface area (Å²) in [5.74, 6) is 0.448. The molecule has 0 radical (unpaired) electrons. The highest BCUT2D eigenvalue weighted by atomic mass is 32.2. The normalized spacial score (nSPS) is 11.4. The monoisotopic (exact) mass is 595 g/mol. The van der Waals surface area contributed by atoms with Gasteiger partial charge < -0.3 is 14.8 Å². The first kappa shape index (κ1) is 29.4. The highest BCUT2D eigenvalue weighted by molar-refractivity contribution is 7.93. The Balaban J connectivity index is 1.52. The lowest BCUT2D eigenvalue weighted by atomic mass is 10.1. The highest BCUT2D eigenvalue weighted by Crippen LogP contribution is 2.31. The Kier molecular flexibility index (Phi) is 8.55. The van der Waals surface area contributed by atoms with E-state index >= 15 is 0 Å². The van der Waals surface area contributed by atoms with Gasteiger partial charge in [0.25, 0.3) is 26.0 Å². The van der Waals surface area contributed by atoms with E-state index in [4.69, 9.17) is 9.47 Å². The van der Waals surface area contributed by atoms with Gasteiger partial charge in [-0.1, -0.05) is 18.2 Å². The number of aryl methyl sites for hydroxylation is 1. The number of nitrogens with zero attached hydrogens (tertiary/aromatic N) is 1. The summed E-state index contributed by atoms with van der Waals surface area (Å²) < 4.78 is 66.4. The number of sulfonamides is 2. The van der Waals surface area contributed by atoms with E-state index in [0.29, 0.717) is 34.1 Å². The van der Waals surface area contributed by atoms with Crippen LogP contribution in [-0.2, 0) is 20.0 Å². The molecule has 0 fully saturated rings. The van der Waals surface area contributed by atoms with Crippen molar-refractivity contribution < 1.29 is 31.1 Å². The first-order chi connectivity index (χ1) is 19.5. The Bertz CT molecular complexity index is 1770. The second-order valence-electron chi connectivity index (χ2n) is 8.93. The molecule has 0 aromatic heterocycles. The summed E-state index contributed by atoms with van der Waals surface area (Å²) in [6.07, 6.45) is 0. The van der Waals surface area contributed by atoms with E-state index in [0.717, 1.165) is 4.31 Å². The maximum absolute atomic E-state index is 13.2. The van der Waals surface area contributed by atoms with E-state index < -0.39 is 26.0 Å². The molecule has 0 aliphatic carbocycles. The molecule has 0 heterocycles. The molecule has 0 saturated heterocycles. The molecule has 12 heteroatoms. The molecule has 41 heavy (non-hydrogen) atoms. The number of benzene rings is 4. The van der Waals surface area contributed by atoms with Crippen LogP contribution in [0.4, 0.5) is 17.1 Å². The van der Waals surface area contributed by atoms with Gasteiger partial charge in [0, 0.05) is 24.0 Å². The number of amides is 1. The Labute approximate surface area is 239 Å². The standard InChI is InChI=1S/C29H29N3O7S2/c1-20-9-16-25(40(34,35)31-22-12-14-23(38-3)15-13-22)19-26(20)30-29(33)21-10-17-24(18-11-21)41(36,37)32(2)27-7-5-6-8-28(27)39-4/h5-19,31H,1-4H3,(H,30,33). The van der Waals surface area contributed by atoms with Crippen LogP contribution in [0.2, 0.25) is 0 Å². The molecule has 0 bridgehead atoms. The largest absolute Gasteiger partial charge is 0.497 e. The summed E-state index contributed by atoms with van der Waals surface area (Å²) in [6.45, 7) is 1.73. The van der Waals surface area contributed by atoms with Gasteiger partial charge in [-0.15, -0.1) is 0 Å². The summed E-state index contributed by atoms with van der Waals surface area (Å²) in [4.78, 5) is 13.0. The maximum atomic E-state index is 13.2. The lowest BCUT2D eigenvalue weighted by molar-refractivity contribution is 0.102. The molecule has 0 aliphatic rings. The van der Waals surface area contributed by atoms with Gasteiger partial charge in [0.05, 0.1) is 29.7 Å². The first-order valence-electron chi connectivity index (χ1n) is 12.3. The average Bonchev–Trinajstić information content (AvgIpc) is 2.98. The van der Waals surface area contributed by atoms with Crippen molar-refractivity contribution in [2.24, 2.45) is 0 Å². The number of ether oxygens (including phenoxy) is 2. The quantitative estimate of drug-likeness (QED) is 0.267. The minimum Gasteiger partial charge on any atom is -0.497 e. The Morgan fingerprint density at radius 1 is 0.780 bits per heavy atom. The molecular weight excluding hydrogens is 566 g/mol. The van der Waals surface area contributed by atoms with Crippen molar-refractivity contribution in [3.8, 4) is 11.5 Å².